The fourth-order valence-electron chi connectivity index (χ4n) is 4.35. The number of fused-ring (bicyclic) bond motifs is 1. The number of β-amino-alcohol motifs (C(OH)–C–C–N with tert-alkyl or cyclic N) is 1. The third kappa shape index (κ3) is 4.35. The number of piperidine rings is 1. The zero-order chi connectivity index (χ0) is 22.0. The Kier molecular flexibility index (Phi) is 6.11. The summed E-state index contributed by atoms with van der Waals surface area (Å²) in [7, 11) is 0. The molecule has 2 heterocycles. The van der Waals surface area contributed by atoms with Crippen LogP contribution in [-0.2, 0) is 0 Å². The largest absolute Gasteiger partial charge is 0.493 e. The summed E-state index contributed by atoms with van der Waals surface area (Å²) in [5, 5.41) is 20.1. The number of hydrogen-bond acceptors (Lipinski definition) is 5. The predicted octanol–water partition coefficient (Wildman–Crippen LogP) is 2.80. The van der Waals surface area contributed by atoms with Gasteiger partial charge in [-0.05, 0) is 49.6 Å². The highest BCUT2D eigenvalue weighted by molar-refractivity contribution is 5.91. The smallest absolute Gasteiger partial charge is 0.339 e. The van der Waals surface area contributed by atoms with E-state index in [2.05, 4.69) is 9.88 Å². The number of likely N-dealkylation sites (tertiary alicyclic amines) is 1. The van der Waals surface area contributed by atoms with Gasteiger partial charge in [0, 0.05) is 25.7 Å². The Morgan fingerprint density at radius 1 is 1.23 bits per heavy atom. The number of aromatic nitrogens is 2. The number of aromatic carboxylic acids is 1. The quantitative estimate of drug-likeness (QED) is 0.537. The van der Waals surface area contributed by atoms with Gasteiger partial charge in [0.05, 0.1) is 23.7 Å². The lowest BCUT2D eigenvalue weighted by Crippen LogP contribution is -2.39. The molecule has 0 aliphatic carbocycles. The number of nitrogens with zero attached hydrogens (tertiary/aromatic N) is 2. The number of ether oxygens (including phenoxy) is 1. The fourth-order valence-corrected chi connectivity index (χ4v) is 4.35. The number of benzene rings is 2. The normalized spacial score (nSPS) is 16.5. The van der Waals surface area contributed by atoms with Crippen LogP contribution >= 0.6 is 0 Å². The first kappa shape index (κ1) is 21.1. The number of carbonyl (C=O) groups is 1. The van der Waals surface area contributed by atoms with Gasteiger partial charge in [0.25, 0.3) is 0 Å². The number of aromatic amines is 1. The van der Waals surface area contributed by atoms with Crippen LogP contribution in [-0.4, -0.2) is 56.9 Å². The summed E-state index contributed by atoms with van der Waals surface area (Å²) in [6.07, 6.45) is 0.803. The molecule has 0 spiro atoms. The summed E-state index contributed by atoms with van der Waals surface area (Å²) in [5.74, 6) is -0.779. The first-order valence-corrected chi connectivity index (χ1v) is 10.6. The first-order chi connectivity index (χ1) is 15.0. The highest BCUT2D eigenvalue weighted by Gasteiger charge is 2.25. The molecular weight excluding hydrogens is 398 g/mol. The third-order valence-electron chi connectivity index (χ3n) is 5.90. The molecule has 1 aliphatic heterocycles. The highest BCUT2D eigenvalue weighted by atomic mass is 16.5. The maximum Gasteiger partial charge on any atom is 0.339 e. The molecule has 4 rings (SSSR count). The first-order valence-electron chi connectivity index (χ1n) is 10.6. The van der Waals surface area contributed by atoms with Crippen LogP contribution in [0, 0.1) is 0 Å². The zero-order valence-electron chi connectivity index (χ0n) is 17.5. The lowest BCUT2D eigenvalue weighted by Gasteiger charge is -2.33. The molecule has 0 radical (unpaired) electrons. The van der Waals surface area contributed by atoms with E-state index >= 15 is 0 Å². The maximum absolute atomic E-state index is 12.4. The van der Waals surface area contributed by atoms with E-state index < -0.39 is 12.1 Å². The Morgan fingerprint density at radius 2 is 1.97 bits per heavy atom. The number of imidazole rings is 1. The number of para-hydroxylation sites is 2. The monoisotopic (exact) mass is 425 g/mol. The lowest BCUT2D eigenvalue weighted by molar-refractivity contribution is 0.0691. The van der Waals surface area contributed by atoms with Gasteiger partial charge in [-0.1, -0.05) is 18.2 Å². The summed E-state index contributed by atoms with van der Waals surface area (Å²) >= 11 is 0. The number of rotatable bonds is 7. The van der Waals surface area contributed by atoms with Crippen LogP contribution in [0.15, 0.2) is 47.3 Å². The van der Waals surface area contributed by atoms with Gasteiger partial charge in [-0.25, -0.2) is 9.59 Å². The minimum Gasteiger partial charge on any atom is -0.493 e. The van der Waals surface area contributed by atoms with E-state index in [1.165, 1.54) is 6.07 Å². The number of H-pyrrole nitrogens is 1. The van der Waals surface area contributed by atoms with Crippen molar-refractivity contribution in [3.05, 3.63) is 64.1 Å². The van der Waals surface area contributed by atoms with Crippen molar-refractivity contribution < 1.29 is 19.7 Å². The van der Waals surface area contributed by atoms with Crippen LogP contribution in [0.4, 0.5) is 0 Å². The molecule has 8 heteroatoms. The minimum atomic E-state index is -1.08. The molecule has 1 aromatic heterocycles. The van der Waals surface area contributed by atoms with Crippen LogP contribution < -0.4 is 10.4 Å². The Hall–Kier alpha value is -3.10. The van der Waals surface area contributed by atoms with E-state index in [1.54, 1.807) is 19.1 Å². The summed E-state index contributed by atoms with van der Waals surface area (Å²) in [4.78, 5) is 29.0. The Labute approximate surface area is 179 Å². The van der Waals surface area contributed by atoms with Crippen molar-refractivity contribution in [2.45, 2.75) is 31.9 Å². The Bertz CT molecular complexity index is 1130. The van der Waals surface area contributed by atoms with Crippen LogP contribution in [0.3, 0.4) is 0 Å². The molecule has 3 N–H and O–H groups in total. The van der Waals surface area contributed by atoms with E-state index in [9.17, 15) is 19.8 Å². The number of aliphatic hydroxyl groups excluding tert-OH is 1. The van der Waals surface area contributed by atoms with Crippen LogP contribution in [0.2, 0.25) is 0 Å². The van der Waals surface area contributed by atoms with Gasteiger partial charge in [0.1, 0.15) is 11.3 Å². The third-order valence-corrected chi connectivity index (χ3v) is 5.90. The molecule has 0 bridgehead atoms. The molecule has 1 saturated heterocycles. The molecule has 1 unspecified atom stereocenters. The van der Waals surface area contributed by atoms with Crippen molar-refractivity contribution in [2.24, 2.45) is 0 Å². The van der Waals surface area contributed by atoms with Gasteiger partial charge in [-0.2, -0.15) is 0 Å². The molecule has 0 saturated carbocycles. The lowest BCUT2D eigenvalue weighted by atomic mass is 10.0. The summed E-state index contributed by atoms with van der Waals surface area (Å²) in [6, 6.07) is 12.6. The standard InChI is InChI=1S/C23H27N3O5/c1-2-31-21-8-7-15(13-17(21)22(28)29)20(27)14-25-11-9-16(10-12-25)26-19-6-4-3-5-18(19)24-23(26)30/h3-8,13,16,20,27H,2,9-12,14H2,1H3,(H,24,30)(H,28,29). The molecule has 2 aromatic carbocycles. The molecule has 164 valence electrons. The average Bonchev–Trinajstić information content (AvgIpc) is 3.10. The number of carboxylic acid groups (broad SMARTS) is 1. The van der Waals surface area contributed by atoms with Crippen LogP contribution in [0.5, 0.6) is 5.75 Å². The van der Waals surface area contributed by atoms with Crippen molar-refractivity contribution in [3.63, 3.8) is 0 Å². The molecule has 1 aliphatic rings. The maximum atomic E-state index is 12.4. The topological polar surface area (TPSA) is 108 Å². The van der Waals surface area contributed by atoms with E-state index in [-0.39, 0.29) is 17.3 Å². The van der Waals surface area contributed by atoms with Gasteiger partial charge in [-0.15, -0.1) is 0 Å². The SMILES string of the molecule is CCOc1ccc(C(O)CN2CCC(n3c(=O)[nH]c4ccccc43)CC2)cc1C(=O)O. The summed E-state index contributed by atoms with van der Waals surface area (Å²) < 4.78 is 7.21. The van der Waals surface area contributed by atoms with Crippen LogP contribution in [0.25, 0.3) is 11.0 Å². The molecule has 1 fully saturated rings. The molecule has 1 atom stereocenters. The van der Waals surface area contributed by atoms with Crippen molar-refractivity contribution in [3.8, 4) is 5.75 Å². The van der Waals surface area contributed by atoms with Crippen molar-refractivity contribution in [2.75, 3.05) is 26.2 Å². The number of aliphatic hydroxyl groups is 1. The molecule has 3 aromatic rings. The summed E-state index contributed by atoms with van der Waals surface area (Å²) in [6.45, 7) is 4.06. The Morgan fingerprint density at radius 3 is 2.68 bits per heavy atom. The van der Waals surface area contributed by atoms with Gasteiger partial charge in [0.15, 0.2) is 0 Å². The molecular formula is C23H27N3O5. The van der Waals surface area contributed by atoms with Gasteiger partial charge < -0.3 is 24.8 Å². The molecule has 8 nitrogen and oxygen atoms in total. The van der Waals surface area contributed by atoms with Gasteiger partial charge in [-0.3, -0.25) is 4.57 Å². The van der Waals surface area contributed by atoms with Gasteiger partial charge in [0.2, 0.25) is 0 Å². The van der Waals surface area contributed by atoms with E-state index in [4.69, 9.17) is 4.74 Å². The van der Waals surface area contributed by atoms with E-state index in [1.807, 2.05) is 28.8 Å². The molecule has 31 heavy (non-hydrogen) atoms. The zero-order valence-corrected chi connectivity index (χ0v) is 17.5. The number of carboxylic acids is 1. The second-order valence-electron chi connectivity index (χ2n) is 7.86. The second-order valence-corrected chi connectivity index (χ2v) is 7.86. The van der Waals surface area contributed by atoms with Crippen molar-refractivity contribution >= 4 is 17.0 Å². The predicted molar refractivity (Wildman–Crippen MR) is 117 cm³/mol. The van der Waals surface area contributed by atoms with Gasteiger partial charge >= 0.3 is 11.7 Å². The van der Waals surface area contributed by atoms with Crippen molar-refractivity contribution in [1.82, 2.24) is 14.5 Å². The average molecular weight is 425 g/mol. The number of hydrogen-bond donors (Lipinski definition) is 3. The van der Waals surface area contributed by atoms with E-state index in [0.29, 0.717) is 24.5 Å². The van der Waals surface area contributed by atoms with Crippen LogP contribution in [0.1, 0.15) is 47.8 Å². The van der Waals surface area contributed by atoms with Crippen molar-refractivity contribution in [1.29, 1.82) is 0 Å². The molecule has 0 amide bonds. The fraction of sp³-hybridized carbons (Fsp3) is 0.391. The Balaban J connectivity index is 1.42. The minimum absolute atomic E-state index is 0.0517. The second kappa shape index (κ2) is 8.95. The number of nitrogens with one attached hydrogen (secondary N) is 1. The summed E-state index contributed by atoms with van der Waals surface area (Å²) in [5.41, 5.74) is 2.28. The highest BCUT2D eigenvalue weighted by Crippen LogP contribution is 2.28. The van der Waals surface area contributed by atoms with E-state index in [0.717, 1.165) is 37.0 Å².